The van der Waals surface area contributed by atoms with Gasteiger partial charge in [0.05, 0.1) is 11.1 Å². The Bertz CT molecular complexity index is 220. The van der Waals surface area contributed by atoms with E-state index < -0.39 is 0 Å². The largest absolute Gasteiger partial charge is 0.411 e. The highest BCUT2D eigenvalue weighted by molar-refractivity contribution is 7.12. The third kappa shape index (κ3) is 1.50. The molecule has 1 N–H and O–H groups in total. The molecule has 1 rings (SSSR count). The minimum atomic E-state index is -0.273. The Hall–Kier alpha value is -0.900. The molecule has 0 saturated carbocycles. The van der Waals surface area contributed by atoms with Crippen LogP contribution in [0.15, 0.2) is 17.3 Å². The van der Waals surface area contributed by atoms with E-state index in [-0.39, 0.29) is 5.13 Å². The number of oxime groups is 1. The van der Waals surface area contributed by atoms with Gasteiger partial charge in [-0.3, -0.25) is 0 Å². The van der Waals surface area contributed by atoms with Crippen molar-refractivity contribution in [1.29, 1.82) is 0 Å². The van der Waals surface area contributed by atoms with Gasteiger partial charge in [0.25, 0.3) is 0 Å². The average Bonchev–Trinajstić information content (AvgIpc) is 2.17. The summed E-state index contributed by atoms with van der Waals surface area (Å²) in [5.74, 6) is 0. The molecular formula is C5H4FNOS. The lowest BCUT2D eigenvalue weighted by Gasteiger charge is -1.74. The summed E-state index contributed by atoms with van der Waals surface area (Å²) in [5.41, 5.74) is 0. The zero-order chi connectivity index (χ0) is 6.69. The summed E-state index contributed by atoms with van der Waals surface area (Å²) in [6.45, 7) is 0. The quantitative estimate of drug-likeness (QED) is 0.364. The molecular weight excluding hydrogens is 141 g/mol. The van der Waals surface area contributed by atoms with Crippen molar-refractivity contribution in [2.75, 3.05) is 0 Å². The summed E-state index contributed by atoms with van der Waals surface area (Å²) in [7, 11) is 0. The zero-order valence-corrected chi connectivity index (χ0v) is 5.23. The van der Waals surface area contributed by atoms with Gasteiger partial charge in [-0.1, -0.05) is 5.16 Å². The molecule has 48 valence electrons. The van der Waals surface area contributed by atoms with E-state index in [1.807, 2.05) is 0 Å². The molecule has 0 saturated heterocycles. The van der Waals surface area contributed by atoms with Crippen molar-refractivity contribution in [2.45, 2.75) is 0 Å². The van der Waals surface area contributed by atoms with Gasteiger partial charge in [-0.05, 0) is 12.1 Å². The van der Waals surface area contributed by atoms with E-state index in [4.69, 9.17) is 5.21 Å². The van der Waals surface area contributed by atoms with Crippen LogP contribution in [-0.2, 0) is 0 Å². The topological polar surface area (TPSA) is 32.6 Å². The van der Waals surface area contributed by atoms with Gasteiger partial charge in [0, 0.05) is 0 Å². The van der Waals surface area contributed by atoms with Crippen LogP contribution < -0.4 is 0 Å². The maximum absolute atomic E-state index is 12.1. The summed E-state index contributed by atoms with van der Waals surface area (Å²) < 4.78 is 12.1. The Kier molecular flexibility index (Phi) is 1.79. The van der Waals surface area contributed by atoms with Crippen LogP contribution in [0.1, 0.15) is 4.88 Å². The number of nitrogens with zero attached hydrogens (tertiary/aromatic N) is 1. The van der Waals surface area contributed by atoms with Gasteiger partial charge in [0.15, 0.2) is 5.13 Å². The van der Waals surface area contributed by atoms with Crippen LogP contribution in [0, 0.1) is 5.13 Å². The van der Waals surface area contributed by atoms with E-state index >= 15 is 0 Å². The van der Waals surface area contributed by atoms with E-state index in [2.05, 4.69) is 5.16 Å². The molecule has 0 bridgehead atoms. The summed E-state index contributed by atoms with van der Waals surface area (Å²) in [4.78, 5) is 0.606. The van der Waals surface area contributed by atoms with Crippen LogP contribution in [0.3, 0.4) is 0 Å². The fraction of sp³-hybridized carbons (Fsp3) is 0. The van der Waals surface area contributed by atoms with Crippen molar-refractivity contribution in [3.63, 3.8) is 0 Å². The van der Waals surface area contributed by atoms with Crippen LogP contribution in [-0.4, -0.2) is 11.4 Å². The molecule has 0 aromatic carbocycles. The number of hydrogen-bond acceptors (Lipinski definition) is 3. The molecule has 0 aliphatic heterocycles. The van der Waals surface area contributed by atoms with E-state index in [9.17, 15) is 4.39 Å². The van der Waals surface area contributed by atoms with Gasteiger partial charge < -0.3 is 5.21 Å². The number of rotatable bonds is 1. The first-order valence-electron chi connectivity index (χ1n) is 2.25. The van der Waals surface area contributed by atoms with Crippen molar-refractivity contribution >= 4 is 17.6 Å². The van der Waals surface area contributed by atoms with Gasteiger partial charge in [-0.2, -0.15) is 4.39 Å². The third-order valence-electron chi connectivity index (χ3n) is 0.779. The van der Waals surface area contributed by atoms with Crippen LogP contribution >= 0.6 is 11.3 Å². The van der Waals surface area contributed by atoms with E-state index in [0.717, 1.165) is 11.3 Å². The Labute approximate surface area is 55.2 Å². The fourth-order valence-electron chi connectivity index (χ4n) is 0.455. The normalized spacial score (nSPS) is 10.8. The van der Waals surface area contributed by atoms with Crippen molar-refractivity contribution in [2.24, 2.45) is 5.16 Å². The SMILES string of the molecule is O/N=C/c1ccc(F)s1. The van der Waals surface area contributed by atoms with Crippen LogP contribution in [0.4, 0.5) is 4.39 Å². The van der Waals surface area contributed by atoms with Crippen LogP contribution in [0.5, 0.6) is 0 Å². The zero-order valence-electron chi connectivity index (χ0n) is 4.41. The van der Waals surface area contributed by atoms with Gasteiger partial charge in [-0.15, -0.1) is 11.3 Å². The lowest BCUT2D eigenvalue weighted by molar-refractivity contribution is 0.322. The summed E-state index contributed by atoms with van der Waals surface area (Å²) >= 11 is 0.936. The highest BCUT2D eigenvalue weighted by Gasteiger charge is 1.93. The lowest BCUT2D eigenvalue weighted by Crippen LogP contribution is -1.67. The molecule has 4 heteroatoms. The van der Waals surface area contributed by atoms with Crippen molar-refractivity contribution in [1.82, 2.24) is 0 Å². The minimum Gasteiger partial charge on any atom is -0.411 e. The smallest absolute Gasteiger partial charge is 0.177 e. The summed E-state index contributed by atoms with van der Waals surface area (Å²) in [6.07, 6.45) is 1.19. The second kappa shape index (κ2) is 2.59. The Morgan fingerprint density at radius 1 is 1.67 bits per heavy atom. The molecule has 0 spiro atoms. The van der Waals surface area contributed by atoms with E-state index in [0.29, 0.717) is 4.88 Å². The second-order valence-electron chi connectivity index (χ2n) is 1.39. The Balaban J connectivity index is 2.85. The first-order chi connectivity index (χ1) is 4.33. The number of halogens is 1. The maximum Gasteiger partial charge on any atom is 0.177 e. The first-order valence-corrected chi connectivity index (χ1v) is 3.07. The predicted molar refractivity (Wildman–Crippen MR) is 33.7 cm³/mol. The van der Waals surface area contributed by atoms with Crippen molar-refractivity contribution in [3.8, 4) is 0 Å². The van der Waals surface area contributed by atoms with Gasteiger partial charge in [-0.25, -0.2) is 0 Å². The molecule has 1 heterocycles. The van der Waals surface area contributed by atoms with Crippen LogP contribution in [0.25, 0.3) is 0 Å². The van der Waals surface area contributed by atoms with E-state index in [1.54, 1.807) is 6.07 Å². The van der Waals surface area contributed by atoms with E-state index in [1.165, 1.54) is 12.3 Å². The third-order valence-corrected chi connectivity index (χ3v) is 1.59. The molecule has 1 aromatic heterocycles. The predicted octanol–water partition coefficient (Wildman–Crippen LogP) is 1.70. The van der Waals surface area contributed by atoms with Crippen LogP contribution in [0.2, 0.25) is 0 Å². The highest BCUT2D eigenvalue weighted by Crippen LogP contribution is 2.11. The molecule has 0 amide bonds. The van der Waals surface area contributed by atoms with Gasteiger partial charge in [0.2, 0.25) is 0 Å². The number of thiophene rings is 1. The molecule has 0 radical (unpaired) electrons. The fourth-order valence-corrected chi connectivity index (χ4v) is 1.05. The van der Waals surface area contributed by atoms with Gasteiger partial charge in [0.1, 0.15) is 0 Å². The molecule has 0 aliphatic rings. The molecule has 0 aliphatic carbocycles. The first kappa shape index (κ1) is 6.22. The summed E-state index contributed by atoms with van der Waals surface area (Å²) in [5, 5.41) is 10.4. The molecule has 0 unspecified atom stereocenters. The standard InChI is InChI=1S/C5H4FNOS/c6-5-2-1-4(9-5)3-7-8/h1-3,8H/b7-3+. The Morgan fingerprint density at radius 2 is 2.44 bits per heavy atom. The average molecular weight is 145 g/mol. The van der Waals surface area contributed by atoms with Gasteiger partial charge >= 0.3 is 0 Å². The maximum atomic E-state index is 12.1. The Morgan fingerprint density at radius 3 is 2.89 bits per heavy atom. The monoisotopic (exact) mass is 145 g/mol. The molecule has 1 aromatic rings. The second-order valence-corrected chi connectivity index (χ2v) is 2.45. The molecule has 0 atom stereocenters. The lowest BCUT2D eigenvalue weighted by atomic mass is 10.5. The number of hydrogen-bond donors (Lipinski definition) is 1. The van der Waals surface area contributed by atoms with Crippen molar-refractivity contribution in [3.05, 3.63) is 22.1 Å². The highest BCUT2D eigenvalue weighted by atomic mass is 32.1. The molecule has 9 heavy (non-hydrogen) atoms. The summed E-state index contributed by atoms with van der Waals surface area (Å²) in [6, 6.07) is 2.86. The minimum absolute atomic E-state index is 0.273. The molecule has 2 nitrogen and oxygen atoms in total. The molecule has 0 fully saturated rings. The van der Waals surface area contributed by atoms with Crippen molar-refractivity contribution < 1.29 is 9.60 Å².